The molecule has 0 unspecified atom stereocenters. The Labute approximate surface area is 114 Å². The van der Waals surface area contributed by atoms with Crippen LogP contribution in [0.2, 0.25) is 0 Å². The highest BCUT2D eigenvalue weighted by molar-refractivity contribution is 9.10. The standard InChI is InChI=1S/C13H14BrN3O/c14-11-6-8(10-7-16-17-13(10)15)4-5-12(11)18-9-2-1-3-9/h4-7,9H,1-3H2,(H3,15,16,17). The van der Waals surface area contributed by atoms with Crippen LogP contribution in [0.3, 0.4) is 0 Å². The lowest BCUT2D eigenvalue weighted by Gasteiger charge is -2.27. The second kappa shape index (κ2) is 4.65. The van der Waals surface area contributed by atoms with Crippen LogP contribution in [0.25, 0.3) is 11.1 Å². The van der Waals surface area contributed by atoms with Crippen molar-refractivity contribution in [2.45, 2.75) is 25.4 Å². The van der Waals surface area contributed by atoms with E-state index in [0.29, 0.717) is 11.9 Å². The summed E-state index contributed by atoms with van der Waals surface area (Å²) in [5.41, 5.74) is 7.74. The summed E-state index contributed by atoms with van der Waals surface area (Å²) in [6.45, 7) is 0. The molecule has 1 aliphatic carbocycles. The number of nitrogens with two attached hydrogens (primary N) is 1. The largest absolute Gasteiger partial charge is 0.489 e. The number of hydrogen-bond acceptors (Lipinski definition) is 3. The summed E-state index contributed by atoms with van der Waals surface area (Å²) in [5, 5.41) is 6.66. The third-order valence-electron chi connectivity index (χ3n) is 3.26. The van der Waals surface area contributed by atoms with Gasteiger partial charge in [-0.15, -0.1) is 0 Å². The van der Waals surface area contributed by atoms with E-state index in [0.717, 1.165) is 34.2 Å². The second-order valence-corrected chi connectivity index (χ2v) is 5.37. The Balaban J connectivity index is 1.86. The molecule has 0 amide bonds. The molecular formula is C13H14BrN3O. The molecule has 0 saturated heterocycles. The smallest absolute Gasteiger partial charge is 0.133 e. The highest BCUT2D eigenvalue weighted by atomic mass is 79.9. The van der Waals surface area contributed by atoms with Gasteiger partial charge in [0.2, 0.25) is 0 Å². The van der Waals surface area contributed by atoms with E-state index in [1.807, 2.05) is 18.2 Å². The molecule has 1 aromatic heterocycles. The average Bonchev–Trinajstić information content (AvgIpc) is 2.71. The van der Waals surface area contributed by atoms with E-state index < -0.39 is 0 Å². The number of halogens is 1. The highest BCUT2D eigenvalue weighted by Gasteiger charge is 2.20. The average molecular weight is 308 g/mol. The van der Waals surface area contributed by atoms with E-state index in [4.69, 9.17) is 10.5 Å². The molecule has 1 aliphatic rings. The van der Waals surface area contributed by atoms with Crippen molar-refractivity contribution >= 4 is 21.7 Å². The number of nitrogen functional groups attached to an aromatic ring is 1. The third-order valence-corrected chi connectivity index (χ3v) is 3.88. The first-order valence-corrected chi connectivity index (χ1v) is 6.79. The molecule has 18 heavy (non-hydrogen) atoms. The lowest BCUT2D eigenvalue weighted by molar-refractivity contribution is 0.119. The molecule has 1 aromatic carbocycles. The summed E-state index contributed by atoms with van der Waals surface area (Å²) in [6.07, 6.45) is 5.69. The van der Waals surface area contributed by atoms with Crippen molar-refractivity contribution in [1.82, 2.24) is 10.2 Å². The minimum atomic E-state index is 0.381. The Morgan fingerprint density at radius 3 is 2.78 bits per heavy atom. The molecule has 2 aromatic rings. The number of aromatic nitrogens is 2. The molecule has 0 bridgehead atoms. The van der Waals surface area contributed by atoms with Gasteiger partial charge < -0.3 is 10.5 Å². The minimum Gasteiger partial charge on any atom is -0.489 e. The van der Waals surface area contributed by atoms with Gasteiger partial charge in [0.15, 0.2) is 0 Å². The van der Waals surface area contributed by atoms with Gasteiger partial charge in [-0.05, 0) is 52.9 Å². The molecule has 3 N–H and O–H groups in total. The van der Waals surface area contributed by atoms with Gasteiger partial charge >= 0.3 is 0 Å². The molecule has 3 rings (SSSR count). The van der Waals surface area contributed by atoms with E-state index in [1.54, 1.807) is 6.20 Å². The fraction of sp³-hybridized carbons (Fsp3) is 0.308. The maximum absolute atomic E-state index is 5.88. The van der Waals surface area contributed by atoms with Gasteiger partial charge in [0.25, 0.3) is 0 Å². The molecule has 0 aliphatic heterocycles. The molecule has 1 fully saturated rings. The van der Waals surface area contributed by atoms with Gasteiger partial charge in [-0.2, -0.15) is 5.10 Å². The van der Waals surface area contributed by atoms with Crippen molar-refractivity contribution in [3.8, 4) is 16.9 Å². The Hall–Kier alpha value is -1.49. The van der Waals surface area contributed by atoms with Crippen LogP contribution in [-0.2, 0) is 0 Å². The van der Waals surface area contributed by atoms with Crippen LogP contribution in [0, 0.1) is 0 Å². The summed E-state index contributed by atoms with van der Waals surface area (Å²) in [6, 6.07) is 5.99. The molecule has 1 heterocycles. The molecule has 0 atom stereocenters. The van der Waals surface area contributed by atoms with Crippen molar-refractivity contribution in [3.63, 3.8) is 0 Å². The Bertz CT molecular complexity index is 563. The molecule has 5 heteroatoms. The first-order valence-electron chi connectivity index (χ1n) is 5.99. The number of anilines is 1. The van der Waals surface area contributed by atoms with Crippen molar-refractivity contribution < 1.29 is 4.74 Å². The number of nitrogens with one attached hydrogen (secondary N) is 1. The van der Waals surface area contributed by atoms with Crippen LogP contribution < -0.4 is 10.5 Å². The predicted octanol–water partition coefficient (Wildman–Crippen LogP) is 3.35. The van der Waals surface area contributed by atoms with Crippen LogP contribution in [0.1, 0.15) is 19.3 Å². The molecule has 4 nitrogen and oxygen atoms in total. The SMILES string of the molecule is Nc1[nH]ncc1-c1ccc(OC2CCC2)c(Br)c1. The van der Waals surface area contributed by atoms with Gasteiger partial charge in [-0.25, -0.2) is 0 Å². The predicted molar refractivity (Wildman–Crippen MR) is 74.4 cm³/mol. The van der Waals surface area contributed by atoms with Gasteiger partial charge in [-0.3, -0.25) is 5.10 Å². The number of nitrogens with zero attached hydrogens (tertiary/aromatic N) is 1. The van der Waals surface area contributed by atoms with Crippen LogP contribution in [0.5, 0.6) is 5.75 Å². The van der Waals surface area contributed by atoms with Crippen molar-refractivity contribution in [1.29, 1.82) is 0 Å². The summed E-state index contributed by atoms with van der Waals surface area (Å²) in [5.74, 6) is 1.47. The van der Waals surface area contributed by atoms with E-state index in [9.17, 15) is 0 Å². The summed E-state index contributed by atoms with van der Waals surface area (Å²) in [7, 11) is 0. The molecular weight excluding hydrogens is 294 g/mol. The molecule has 0 radical (unpaired) electrons. The van der Waals surface area contributed by atoms with Crippen LogP contribution >= 0.6 is 15.9 Å². The van der Waals surface area contributed by atoms with Crippen LogP contribution in [0.4, 0.5) is 5.82 Å². The lowest BCUT2D eigenvalue weighted by Crippen LogP contribution is -2.24. The van der Waals surface area contributed by atoms with Gasteiger partial charge in [0, 0.05) is 5.56 Å². The zero-order valence-corrected chi connectivity index (χ0v) is 11.4. The van der Waals surface area contributed by atoms with Crippen molar-refractivity contribution in [3.05, 3.63) is 28.9 Å². The quantitative estimate of drug-likeness (QED) is 0.914. The number of ether oxygens (including phenoxy) is 1. The first kappa shape index (κ1) is 11.6. The first-order chi connectivity index (χ1) is 8.74. The van der Waals surface area contributed by atoms with E-state index >= 15 is 0 Å². The Morgan fingerprint density at radius 2 is 2.22 bits per heavy atom. The van der Waals surface area contributed by atoms with Gasteiger partial charge in [-0.1, -0.05) is 6.07 Å². The van der Waals surface area contributed by atoms with E-state index in [2.05, 4.69) is 26.1 Å². The molecule has 0 spiro atoms. The number of hydrogen-bond donors (Lipinski definition) is 2. The highest BCUT2D eigenvalue weighted by Crippen LogP contribution is 2.34. The van der Waals surface area contributed by atoms with Gasteiger partial charge in [0.05, 0.1) is 16.8 Å². The molecule has 1 saturated carbocycles. The fourth-order valence-electron chi connectivity index (χ4n) is 1.96. The summed E-state index contributed by atoms with van der Waals surface area (Å²) >= 11 is 3.54. The minimum absolute atomic E-state index is 0.381. The Kier molecular flexibility index (Phi) is 2.99. The second-order valence-electron chi connectivity index (χ2n) is 4.51. The van der Waals surface area contributed by atoms with Crippen molar-refractivity contribution in [2.75, 3.05) is 5.73 Å². The summed E-state index contributed by atoms with van der Waals surface area (Å²) in [4.78, 5) is 0. The van der Waals surface area contributed by atoms with Crippen molar-refractivity contribution in [2.24, 2.45) is 0 Å². The number of aromatic amines is 1. The summed E-state index contributed by atoms with van der Waals surface area (Å²) < 4.78 is 6.83. The monoisotopic (exact) mass is 307 g/mol. The third kappa shape index (κ3) is 2.10. The van der Waals surface area contributed by atoms with E-state index in [-0.39, 0.29) is 0 Å². The normalized spacial score (nSPS) is 15.4. The number of benzene rings is 1. The molecule has 94 valence electrons. The lowest BCUT2D eigenvalue weighted by atomic mass is 9.96. The van der Waals surface area contributed by atoms with Crippen LogP contribution in [-0.4, -0.2) is 16.3 Å². The van der Waals surface area contributed by atoms with Crippen LogP contribution in [0.15, 0.2) is 28.9 Å². The number of rotatable bonds is 3. The topological polar surface area (TPSA) is 63.9 Å². The maximum Gasteiger partial charge on any atom is 0.133 e. The number of H-pyrrole nitrogens is 1. The fourth-order valence-corrected chi connectivity index (χ4v) is 2.43. The zero-order chi connectivity index (χ0) is 12.5. The van der Waals surface area contributed by atoms with E-state index in [1.165, 1.54) is 6.42 Å². The zero-order valence-electron chi connectivity index (χ0n) is 9.82. The Morgan fingerprint density at radius 1 is 1.39 bits per heavy atom. The van der Waals surface area contributed by atoms with Gasteiger partial charge in [0.1, 0.15) is 11.6 Å². The maximum atomic E-state index is 5.88.